The minimum Gasteiger partial charge on any atom is -0.330 e. The molecule has 254 valence electrons. The second kappa shape index (κ2) is 11.1. The van der Waals surface area contributed by atoms with Gasteiger partial charge in [-0.25, -0.2) is 9.97 Å². The van der Waals surface area contributed by atoms with Gasteiger partial charge in [0.1, 0.15) is 0 Å². The quantitative estimate of drug-likeness (QED) is 0.185. The zero-order chi connectivity index (χ0) is 35.4. The van der Waals surface area contributed by atoms with Gasteiger partial charge >= 0.3 is 0 Å². The fraction of sp³-hybridized carbons (Fsp3) is 0.188. The first-order valence-electron chi connectivity index (χ1n) is 18.8. The van der Waals surface area contributed by atoms with Gasteiger partial charge in [-0.05, 0) is 103 Å². The first kappa shape index (κ1) is 30.4. The minimum absolute atomic E-state index is 0.144. The van der Waals surface area contributed by atoms with E-state index in [0.29, 0.717) is 17.4 Å². The van der Waals surface area contributed by atoms with E-state index in [1.807, 2.05) is 12.1 Å². The maximum absolute atomic E-state index is 9.76. The summed E-state index contributed by atoms with van der Waals surface area (Å²) in [5.74, 6) is 2.35. The fourth-order valence-electron chi connectivity index (χ4n) is 10.2. The molecule has 2 aromatic heterocycles. The standard InChI is InChI=1S/C48H37N5/c1-29-26-39-43-37(47-50-40-19-8-6-15-35(40)45(51-47)34-17-10-12-31-27-38(31)34)18-11-21-42(43)53(33-24-22-30(28-49)23-25-33)48(39,2)44-36-16-7-9-20-41(36)52(46(29)44)32-13-4-3-5-14-32/h3-25,29,31,38-39H,26-27H2,1-2H3. The number of nitriles is 1. The highest BCUT2D eigenvalue weighted by Gasteiger charge is 2.56. The van der Waals surface area contributed by atoms with Gasteiger partial charge < -0.3 is 9.47 Å². The summed E-state index contributed by atoms with van der Waals surface area (Å²) >= 11 is 0. The van der Waals surface area contributed by atoms with E-state index in [9.17, 15) is 5.26 Å². The highest BCUT2D eigenvalue weighted by Crippen LogP contribution is 2.65. The molecule has 5 nitrogen and oxygen atoms in total. The summed E-state index contributed by atoms with van der Waals surface area (Å²) in [5.41, 5.74) is 13.4. The normalized spacial score (nSPS) is 23.6. The molecule has 0 N–H and O–H groups in total. The summed E-state index contributed by atoms with van der Waals surface area (Å²) in [4.78, 5) is 13.4. The van der Waals surface area contributed by atoms with E-state index >= 15 is 0 Å². The van der Waals surface area contributed by atoms with E-state index in [4.69, 9.17) is 9.97 Å². The third kappa shape index (κ3) is 4.24. The van der Waals surface area contributed by atoms with Crippen LogP contribution in [0, 0.1) is 23.2 Å². The van der Waals surface area contributed by atoms with Crippen LogP contribution >= 0.6 is 0 Å². The van der Waals surface area contributed by atoms with Gasteiger partial charge in [0.2, 0.25) is 0 Å². The minimum atomic E-state index is -0.453. The Morgan fingerprint density at radius 2 is 1.55 bits per heavy atom. The van der Waals surface area contributed by atoms with Gasteiger partial charge in [-0.1, -0.05) is 91.9 Å². The van der Waals surface area contributed by atoms with E-state index < -0.39 is 5.54 Å². The first-order valence-corrected chi connectivity index (χ1v) is 18.8. The number of allylic oxidation sites excluding steroid dienone is 4. The van der Waals surface area contributed by atoms with Crippen LogP contribution in [0.25, 0.3) is 44.5 Å². The van der Waals surface area contributed by atoms with E-state index in [2.05, 4.69) is 157 Å². The molecule has 1 fully saturated rings. The maximum atomic E-state index is 9.76. The van der Waals surface area contributed by atoms with E-state index in [-0.39, 0.29) is 11.8 Å². The Kier molecular flexibility index (Phi) is 6.38. The lowest BCUT2D eigenvalue weighted by atomic mass is 9.66. The molecule has 3 heterocycles. The number of rotatable bonds is 4. The van der Waals surface area contributed by atoms with Gasteiger partial charge in [-0.15, -0.1) is 0 Å². The third-order valence-electron chi connectivity index (χ3n) is 12.5. The molecule has 1 saturated carbocycles. The largest absolute Gasteiger partial charge is 0.330 e. The summed E-state index contributed by atoms with van der Waals surface area (Å²) in [6.07, 6.45) is 8.98. The van der Waals surface area contributed by atoms with Crippen LogP contribution in [0.4, 0.5) is 11.4 Å². The molecule has 5 aromatic carbocycles. The van der Waals surface area contributed by atoms with Gasteiger partial charge in [-0.2, -0.15) is 5.26 Å². The summed E-state index contributed by atoms with van der Waals surface area (Å²) in [7, 11) is 0. The maximum Gasteiger partial charge on any atom is 0.160 e. The Morgan fingerprint density at radius 3 is 2.38 bits per heavy atom. The van der Waals surface area contributed by atoms with Gasteiger partial charge in [0.25, 0.3) is 0 Å². The first-order chi connectivity index (χ1) is 26.0. The monoisotopic (exact) mass is 683 g/mol. The molecule has 11 rings (SSSR count). The number of nitrogens with zero attached hydrogens (tertiary/aromatic N) is 5. The molecule has 4 aliphatic rings. The molecule has 5 heteroatoms. The number of anilines is 2. The predicted octanol–water partition coefficient (Wildman–Crippen LogP) is 11.4. The molecule has 7 aromatic rings. The van der Waals surface area contributed by atoms with Gasteiger partial charge in [0, 0.05) is 50.6 Å². The smallest absolute Gasteiger partial charge is 0.160 e. The summed E-state index contributed by atoms with van der Waals surface area (Å²) in [6, 6.07) is 45.4. The zero-order valence-corrected chi connectivity index (χ0v) is 29.7. The summed E-state index contributed by atoms with van der Waals surface area (Å²) in [5, 5.41) is 12.2. The van der Waals surface area contributed by atoms with Crippen LogP contribution in [0.5, 0.6) is 0 Å². The van der Waals surface area contributed by atoms with E-state index in [1.165, 1.54) is 51.1 Å². The molecule has 1 aliphatic heterocycles. The molecule has 0 radical (unpaired) electrons. The lowest BCUT2D eigenvalue weighted by molar-refractivity contribution is 0.340. The molecule has 0 saturated heterocycles. The second-order valence-electron chi connectivity index (χ2n) is 15.4. The molecule has 5 unspecified atom stereocenters. The van der Waals surface area contributed by atoms with Crippen LogP contribution < -0.4 is 4.90 Å². The third-order valence-corrected chi connectivity index (χ3v) is 12.5. The van der Waals surface area contributed by atoms with Crippen molar-refractivity contribution in [2.24, 2.45) is 11.8 Å². The van der Waals surface area contributed by atoms with Crippen molar-refractivity contribution in [2.75, 3.05) is 4.90 Å². The molecule has 0 bridgehead atoms. The molecular weight excluding hydrogens is 647 g/mol. The van der Waals surface area contributed by atoms with Crippen molar-refractivity contribution in [2.45, 2.75) is 44.1 Å². The number of fused-ring (bicyclic) bond motifs is 9. The van der Waals surface area contributed by atoms with Crippen molar-refractivity contribution in [3.8, 4) is 23.1 Å². The lowest BCUT2D eigenvalue weighted by Crippen LogP contribution is -2.44. The van der Waals surface area contributed by atoms with Gasteiger partial charge in [-0.3, -0.25) is 0 Å². The molecular formula is C48H37N5. The molecule has 0 spiro atoms. The Bertz CT molecular complexity index is 2750. The fourth-order valence-corrected chi connectivity index (χ4v) is 10.2. The SMILES string of the molecule is CC1CC2c3c(-c4nc(C5=CC=CC6CC56)c5ccccc5n4)cccc3N(c3ccc(C#N)cc3)C2(C)c2c1n(-c1ccccc1)c1ccccc21. The van der Waals surface area contributed by atoms with E-state index in [0.717, 1.165) is 40.1 Å². The topological polar surface area (TPSA) is 57.7 Å². The highest BCUT2D eigenvalue weighted by molar-refractivity contribution is 5.96. The number of benzene rings is 5. The van der Waals surface area contributed by atoms with Crippen molar-refractivity contribution >= 4 is 38.8 Å². The predicted molar refractivity (Wildman–Crippen MR) is 213 cm³/mol. The van der Waals surface area contributed by atoms with Gasteiger partial charge in [0.15, 0.2) is 5.82 Å². The van der Waals surface area contributed by atoms with Crippen molar-refractivity contribution in [3.05, 3.63) is 168 Å². The number of aromatic nitrogens is 3. The van der Waals surface area contributed by atoms with Crippen LogP contribution in [0.3, 0.4) is 0 Å². The zero-order valence-electron chi connectivity index (χ0n) is 29.7. The summed E-state index contributed by atoms with van der Waals surface area (Å²) < 4.78 is 2.51. The average molecular weight is 684 g/mol. The van der Waals surface area contributed by atoms with E-state index in [1.54, 1.807) is 0 Å². The molecule has 0 amide bonds. The summed E-state index contributed by atoms with van der Waals surface area (Å²) in [6.45, 7) is 4.86. The Morgan fingerprint density at radius 1 is 0.774 bits per heavy atom. The lowest BCUT2D eigenvalue weighted by Gasteiger charge is -2.46. The van der Waals surface area contributed by atoms with Crippen molar-refractivity contribution < 1.29 is 0 Å². The molecule has 5 atom stereocenters. The Labute approximate surface area is 309 Å². The van der Waals surface area contributed by atoms with Crippen molar-refractivity contribution in [1.82, 2.24) is 14.5 Å². The second-order valence-corrected chi connectivity index (χ2v) is 15.4. The van der Waals surface area contributed by atoms with Crippen LogP contribution in [-0.2, 0) is 5.54 Å². The average Bonchev–Trinajstić information content (AvgIpc) is 3.85. The van der Waals surface area contributed by atoms with Crippen LogP contribution in [0.1, 0.15) is 66.6 Å². The van der Waals surface area contributed by atoms with Crippen LogP contribution in [0.15, 0.2) is 140 Å². The van der Waals surface area contributed by atoms with Crippen LogP contribution in [0.2, 0.25) is 0 Å². The Balaban J connectivity index is 1.20. The molecule has 3 aliphatic carbocycles. The van der Waals surface area contributed by atoms with Crippen molar-refractivity contribution in [3.63, 3.8) is 0 Å². The van der Waals surface area contributed by atoms with Gasteiger partial charge in [0.05, 0.1) is 33.9 Å². The highest BCUT2D eigenvalue weighted by atomic mass is 15.3. The number of para-hydroxylation sites is 3. The molecule has 53 heavy (non-hydrogen) atoms. The Hall–Kier alpha value is -6.25. The van der Waals surface area contributed by atoms with Crippen LogP contribution in [-0.4, -0.2) is 14.5 Å². The van der Waals surface area contributed by atoms with Crippen molar-refractivity contribution in [1.29, 1.82) is 5.26 Å². The number of hydrogen-bond donors (Lipinski definition) is 0. The number of hydrogen-bond acceptors (Lipinski definition) is 4.